The summed E-state index contributed by atoms with van der Waals surface area (Å²) < 4.78 is 40.2. The molecule has 20 heavy (non-hydrogen) atoms. The summed E-state index contributed by atoms with van der Waals surface area (Å²) in [7, 11) is -3.97. The lowest BCUT2D eigenvalue weighted by Crippen LogP contribution is -2.36. The van der Waals surface area contributed by atoms with Crippen molar-refractivity contribution in [2.24, 2.45) is 0 Å². The van der Waals surface area contributed by atoms with E-state index in [9.17, 15) is 22.9 Å². The molecule has 0 bridgehead atoms. The highest BCUT2D eigenvalue weighted by Crippen LogP contribution is 2.25. The Kier molecular flexibility index (Phi) is 4.02. The van der Waals surface area contributed by atoms with Gasteiger partial charge in [0.2, 0.25) is 10.0 Å². The van der Waals surface area contributed by atoms with Crippen molar-refractivity contribution in [1.82, 2.24) is 10.0 Å². The highest BCUT2D eigenvalue weighted by Gasteiger charge is 2.26. The molecule has 0 radical (unpaired) electrons. The van der Waals surface area contributed by atoms with Crippen LogP contribution in [-0.4, -0.2) is 32.5 Å². The van der Waals surface area contributed by atoms with Gasteiger partial charge in [-0.2, -0.15) is 0 Å². The van der Waals surface area contributed by atoms with E-state index < -0.39 is 31.3 Å². The number of nitrogens with one attached hydrogen (secondary N) is 2. The Morgan fingerprint density at radius 3 is 2.75 bits per heavy atom. The zero-order chi connectivity index (χ0) is 14.9. The minimum atomic E-state index is -3.97. The van der Waals surface area contributed by atoms with Crippen molar-refractivity contribution in [1.29, 1.82) is 0 Å². The van der Waals surface area contributed by atoms with E-state index in [4.69, 9.17) is 0 Å². The summed E-state index contributed by atoms with van der Waals surface area (Å²) in [4.78, 5) is 9.58. The van der Waals surface area contributed by atoms with Gasteiger partial charge >= 0.3 is 0 Å². The first kappa shape index (κ1) is 14.8. The van der Waals surface area contributed by atoms with E-state index in [-0.39, 0.29) is 11.6 Å². The van der Waals surface area contributed by atoms with Gasteiger partial charge in [-0.05, 0) is 26.0 Å². The molecule has 1 aromatic rings. The van der Waals surface area contributed by atoms with Crippen LogP contribution in [0.15, 0.2) is 17.0 Å². The summed E-state index contributed by atoms with van der Waals surface area (Å²) in [5.74, 6) is -0.913. The predicted molar refractivity (Wildman–Crippen MR) is 69.4 cm³/mol. The van der Waals surface area contributed by atoms with Crippen molar-refractivity contribution >= 4 is 15.7 Å². The number of nitro groups is 1. The zero-order valence-electron chi connectivity index (χ0n) is 10.7. The second-order valence-corrected chi connectivity index (χ2v) is 6.33. The van der Waals surface area contributed by atoms with Crippen LogP contribution in [0.2, 0.25) is 0 Å². The molecule has 2 N–H and O–H groups in total. The average Bonchev–Trinajstić information content (AvgIpc) is 2.83. The van der Waals surface area contributed by atoms with E-state index in [1.807, 2.05) is 0 Å². The fourth-order valence-corrected chi connectivity index (χ4v) is 3.33. The summed E-state index contributed by atoms with van der Waals surface area (Å²) in [6.07, 6.45) is 0.621. The van der Waals surface area contributed by atoms with Gasteiger partial charge in [0.15, 0.2) is 0 Å². The summed E-state index contributed by atoms with van der Waals surface area (Å²) in [6, 6.07) is 1.39. The summed E-state index contributed by atoms with van der Waals surface area (Å²) in [5, 5.41) is 13.8. The van der Waals surface area contributed by atoms with Crippen LogP contribution >= 0.6 is 0 Å². The van der Waals surface area contributed by atoms with Crippen LogP contribution in [0.25, 0.3) is 0 Å². The van der Waals surface area contributed by atoms with Gasteiger partial charge in [0.1, 0.15) is 5.82 Å². The fourth-order valence-electron chi connectivity index (χ4n) is 2.03. The van der Waals surface area contributed by atoms with Gasteiger partial charge in [-0.15, -0.1) is 0 Å². The molecule has 1 atom stereocenters. The SMILES string of the molecule is Cc1c(F)cc(S(=O)(=O)NC2CCNC2)cc1[N+](=O)[O-]. The monoisotopic (exact) mass is 303 g/mol. The molecule has 0 aromatic heterocycles. The predicted octanol–water partition coefficient (Wildman–Crippen LogP) is 0.683. The Labute approximate surface area is 115 Å². The number of benzene rings is 1. The van der Waals surface area contributed by atoms with Crippen LogP contribution in [0, 0.1) is 22.9 Å². The first-order valence-corrected chi connectivity index (χ1v) is 7.47. The first-order chi connectivity index (χ1) is 9.31. The molecule has 7 nitrogen and oxygen atoms in total. The van der Waals surface area contributed by atoms with Crippen molar-refractivity contribution in [3.8, 4) is 0 Å². The first-order valence-electron chi connectivity index (χ1n) is 5.99. The molecule has 0 spiro atoms. The number of rotatable bonds is 4. The van der Waals surface area contributed by atoms with E-state index in [1.54, 1.807) is 0 Å². The maximum absolute atomic E-state index is 13.6. The Hall–Kier alpha value is -1.58. The number of sulfonamides is 1. The third-order valence-corrected chi connectivity index (χ3v) is 4.68. The quantitative estimate of drug-likeness (QED) is 0.629. The molecule has 0 amide bonds. The van der Waals surface area contributed by atoms with Gasteiger partial charge in [-0.3, -0.25) is 10.1 Å². The van der Waals surface area contributed by atoms with E-state index in [0.29, 0.717) is 19.5 Å². The molecule has 1 heterocycles. The highest BCUT2D eigenvalue weighted by molar-refractivity contribution is 7.89. The topological polar surface area (TPSA) is 101 Å². The summed E-state index contributed by atoms with van der Waals surface area (Å²) >= 11 is 0. The minimum Gasteiger partial charge on any atom is -0.315 e. The second kappa shape index (κ2) is 5.43. The maximum atomic E-state index is 13.6. The van der Waals surface area contributed by atoms with Crippen LogP contribution in [0.4, 0.5) is 10.1 Å². The van der Waals surface area contributed by atoms with E-state index >= 15 is 0 Å². The molecule has 9 heteroatoms. The van der Waals surface area contributed by atoms with Gasteiger partial charge in [0.25, 0.3) is 5.69 Å². The van der Waals surface area contributed by atoms with Crippen LogP contribution in [0.3, 0.4) is 0 Å². The molecular formula is C11H14FN3O4S. The van der Waals surface area contributed by atoms with Gasteiger partial charge in [0, 0.05) is 18.7 Å². The fraction of sp³-hybridized carbons (Fsp3) is 0.455. The molecule has 1 saturated heterocycles. The lowest BCUT2D eigenvalue weighted by Gasteiger charge is -2.12. The van der Waals surface area contributed by atoms with Crippen molar-refractivity contribution in [2.75, 3.05) is 13.1 Å². The maximum Gasteiger partial charge on any atom is 0.276 e. The van der Waals surface area contributed by atoms with Crippen molar-refractivity contribution in [3.05, 3.63) is 33.6 Å². The number of nitro benzene ring substituents is 1. The van der Waals surface area contributed by atoms with Crippen LogP contribution < -0.4 is 10.0 Å². The molecule has 1 aromatic carbocycles. The van der Waals surface area contributed by atoms with Gasteiger partial charge in [-0.25, -0.2) is 17.5 Å². The third-order valence-electron chi connectivity index (χ3n) is 3.18. The number of nitrogens with zero attached hydrogens (tertiary/aromatic N) is 1. The van der Waals surface area contributed by atoms with E-state index in [0.717, 1.165) is 12.1 Å². The van der Waals surface area contributed by atoms with Crippen LogP contribution in [0.1, 0.15) is 12.0 Å². The highest BCUT2D eigenvalue weighted by atomic mass is 32.2. The summed E-state index contributed by atoms with van der Waals surface area (Å²) in [6.45, 7) is 2.41. The third kappa shape index (κ3) is 2.94. The molecule has 2 rings (SSSR count). The smallest absolute Gasteiger partial charge is 0.276 e. The van der Waals surface area contributed by atoms with Crippen LogP contribution in [-0.2, 0) is 10.0 Å². The van der Waals surface area contributed by atoms with Crippen LogP contribution in [0.5, 0.6) is 0 Å². The Morgan fingerprint density at radius 2 is 2.20 bits per heavy atom. The van der Waals surface area contributed by atoms with Crippen molar-refractivity contribution in [2.45, 2.75) is 24.3 Å². The van der Waals surface area contributed by atoms with Crippen molar-refractivity contribution in [3.63, 3.8) is 0 Å². The largest absolute Gasteiger partial charge is 0.315 e. The Bertz CT molecular complexity index is 641. The lowest BCUT2D eigenvalue weighted by molar-refractivity contribution is -0.385. The summed E-state index contributed by atoms with van der Waals surface area (Å²) in [5.41, 5.74) is -0.730. The Morgan fingerprint density at radius 1 is 1.50 bits per heavy atom. The van der Waals surface area contributed by atoms with Gasteiger partial charge in [-0.1, -0.05) is 0 Å². The molecule has 1 aliphatic rings. The molecule has 1 fully saturated rings. The normalized spacial score (nSPS) is 19.2. The van der Waals surface area contributed by atoms with Gasteiger partial charge < -0.3 is 5.32 Å². The molecule has 0 aliphatic carbocycles. The molecule has 1 unspecified atom stereocenters. The van der Waals surface area contributed by atoms with Gasteiger partial charge in [0.05, 0.1) is 15.4 Å². The average molecular weight is 303 g/mol. The van der Waals surface area contributed by atoms with E-state index in [2.05, 4.69) is 10.0 Å². The van der Waals surface area contributed by atoms with Crippen molar-refractivity contribution < 1.29 is 17.7 Å². The molecule has 0 saturated carbocycles. The molecule has 110 valence electrons. The molecule has 1 aliphatic heterocycles. The Balaban J connectivity index is 2.38. The number of hydrogen-bond donors (Lipinski definition) is 2. The minimum absolute atomic E-state index is 0.184. The molecular weight excluding hydrogens is 289 g/mol. The van der Waals surface area contributed by atoms with E-state index in [1.165, 1.54) is 6.92 Å². The standard InChI is InChI=1S/C11H14FN3O4S/c1-7-10(12)4-9(5-11(7)15(16)17)20(18,19)14-8-2-3-13-6-8/h4-5,8,13-14H,2-3,6H2,1H3. The number of hydrogen-bond acceptors (Lipinski definition) is 5. The number of halogens is 1. The zero-order valence-corrected chi connectivity index (χ0v) is 11.5. The lowest BCUT2D eigenvalue weighted by atomic mass is 10.2. The second-order valence-electron chi connectivity index (χ2n) is 4.62.